The summed E-state index contributed by atoms with van der Waals surface area (Å²) in [6.07, 6.45) is 0. The van der Waals surface area contributed by atoms with E-state index in [4.69, 9.17) is 0 Å². The Hall–Kier alpha value is -1.20. The van der Waals surface area contributed by atoms with Crippen LogP contribution in [0.5, 0.6) is 5.75 Å². The lowest BCUT2D eigenvalue weighted by Gasteiger charge is -2.09. The van der Waals surface area contributed by atoms with Crippen LogP contribution >= 0.6 is 27.7 Å². The molecule has 0 atom stereocenters. The van der Waals surface area contributed by atoms with Crippen molar-refractivity contribution >= 4 is 27.7 Å². The molecule has 0 saturated heterocycles. The van der Waals surface area contributed by atoms with Gasteiger partial charge in [-0.3, -0.25) is 4.79 Å². The Labute approximate surface area is 118 Å². The summed E-state index contributed by atoms with van der Waals surface area (Å²) in [5.41, 5.74) is 0.554. The molecular formula is C13H12BrNO2S. The third kappa shape index (κ3) is 2.62. The molecule has 18 heavy (non-hydrogen) atoms. The Morgan fingerprint density at radius 1 is 1.28 bits per heavy atom. The Balaban J connectivity index is 2.44. The van der Waals surface area contributed by atoms with Crippen molar-refractivity contribution in [2.45, 2.75) is 16.7 Å². The largest absolute Gasteiger partial charge is 0.506 e. The highest BCUT2D eigenvalue weighted by molar-refractivity contribution is 9.10. The summed E-state index contributed by atoms with van der Waals surface area (Å²) in [4.78, 5) is 13.3. The van der Waals surface area contributed by atoms with E-state index in [0.29, 0.717) is 4.90 Å². The van der Waals surface area contributed by atoms with E-state index in [-0.39, 0.29) is 11.3 Å². The number of hydrogen-bond acceptors (Lipinski definition) is 3. The van der Waals surface area contributed by atoms with Gasteiger partial charge in [-0.1, -0.05) is 27.7 Å². The zero-order valence-corrected chi connectivity index (χ0v) is 12.4. The van der Waals surface area contributed by atoms with Gasteiger partial charge in [0.05, 0.1) is 0 Å². The Morgan fingerprint density at radius 3 is 2.50 bits per heavy atom. The number of nitrogens with zero attached hydrogens (tertiary/aromatic N) is 1. The van der Waals surface area contributed by atoms with E-state index in [0.717, 1.165) is 15.1 Å². The normalized spacial score (nSPS) is 10.6. The van der Waals surface area contributed by atoms with Crippen LogP contribution in [0.3, 0.4) is 0 Å². The van der Waals surface area contributed by atoms with Crippen molar-refractivity contribution in [3.8, 4) is 5.75 Å². The lowest BCUT2D eigenvalue weighted by molar-refractivity contribution is 0.455. The van der Waals surface area contributed by atoms with Gasteiger partial charge in [0, 0.05) is 28.2 Å². The summed E-state index contributed by atoms with van der Waals surface area (Å²) in [5, 5.41) is 9.87. The molecule has 1 aromatic heterocycles. The summed E-state index contributed by atoms with van der Waals surface area (Å²) in [6.45, 7) is 1.79. The predicted molar refractivity (Wildman–Crippen MR) is 76.3 cm³/mol. The number of rotatable bonds is 2. The third-order valence-corrected chi connectivity index (χ3v) is 4.26. The second kappa shape index (κ2) is 5.20. The molecular weight excluding hydrogens is 314 g/mol. The van der Waals surface area contributed by atoms with Crippen molar-refractivity contribution in [1.29, 1.82) is 0 Å². The maximum atomic E-state index is 12.1. The molecule has 0 bridgehead atoms. The molecule has 0 unspecified atom stereocenters. The Kier molecular flexibility index (Phi) is 3.82. The van der Waals surface area contributed by atoms with E-state index >= 15 is 0 Å². The van der Waals surface area contributed by atoms with Crippen molar-refractivity contribution < 1.29 is 5.11 Å². The number of halogens is 1. The molecule has 3 nitrogen and oxygen atoms in total. The van der Waals surface area contributed by atoms with Crippen LogP contribution in [0.1, 0.15) is 5.69 Å². The van der Waals surface area contributed by atoms with Crippen molar-refractivity contribution in [2.75, 3.05) is 0 Å². The van der Waals surface area contributed by atoms with Gasteiger partial charge in [-0.15, -0.1) is 0 Å². The first-order chi connectivity index (χ1) is 8.49. The highest BCUT2D eigenvalue weighted by Crippen LogP contribution is 2.32. The molecule has 0 spiro atoms. The molecule has 1 heterocycles. The van der Waals surface area contributed by atoms with E-state index in [9.17, 15) is 9.90 Å². The van der Waals surface area contributed by atoms with Gasteiger partial charge in [-0.2, -0.15) is 0 Å². The summed E-state index contributed by atoms with van der Waals surface area (Å²) in [6, 6.07) is 9.19. The van der Waals surface area contributed by atoms with Crippen LogP contribution in [0.25, 0.3) is 0 Å². The average Bonchev–Trinajstić information content (AvgIpc) is 2.34. The van der Waals surface area contributed by atoms with E-state index in [2.05, 4.69) is 15.9 Å². The Bertz CT molecular complexity index is 635. The maximum Gasteiger partial charge on any atom is 0.268 e. The SMILES string of the molecule is Cc1cc(O)c(Sc2ccc(Br)cc2)c(=O)n1C. The monoisotopic (exact) mass is 325 g/mol. The molecule has 0 aliphatic heterocycles. The number of aryl methyl sites for hydroxylation is 1. The Morgan fingerprint density at radius 2 is 1.89 bits per heavy atom. The molecule has 94 valence electrons. The first-order valence-corrected chi connectivity index (χ1v) is 6.93. The smallest absolute Gasteiger partial charge is 0.268 e. The van der Waals surface area contributed by atoms with E-state index in [1.165, 1.54) is 16.3 Å². The van der Waals surface area contributed by atoms with Gasteiger partial charge in [-0.05, 0) is 31.2 Å². The quantitative estimate of drug-likeness (QED) is 0.921. The van der Waals surface area contributed by atoms with Crippen LogP contribution in [0, 0.1) is 6.92 Å². The molecule has 0 saturated carbocycles. The van der Waals surface area contributed by atoms with E-state index in [1.54, 1.807) is 20.0 Å². The summed E-state index contributed by atoms with van der Waals surface area (Å²) < 4.78 is 2.51. The van der Waals surface area contributed by atoms with Crippen molar-refractivity contribution in [3.05, 3.63) is 50.9 Å². The molecule has 1 N–H and O–H groups in total. The zero-order valence-electron chi connectivity index (χ0n) is 9.98. The first kappa shape index (κ1) is 13.2. The third-order valence-electron chi connectivity index (χ3n) is 2.64. The lowest BCUT2D eigenvalue weighted by atomic mass is 10.3. The van der Waals surface area contributed by atoms with Gasteiger partial charge in [0.2, 0.25) is 0 Å². The van der Waals surface area contributed by atoms with E-state index < -0.39 is 0 Å². The second-order valence-corrected chi connectivity index (χ2v) is 5.92. The van der Waals surface area contributed by atoms with Gasteiger partial charge < -0.3 is 9.67 Å². The molecule has 0 aliphatic rings. The van der Waals surface area contributed by atoms with Crippen LogP contribution in [-0.2, 0) is 7.05 Å². The lowest BCUT2D eigenvalue weighted by Crippen LogP contribution is -2.20. The first-order valence-electron chi connectivity index (χ1n) is 5.32. The van der Waals surface area contributed by atoms with Crippen molar-refractivity contribution in [1.82, 2.24) is 4.57 Å². The predicted octanol–water partition coefficient (Wildman–Crippen LogP) is 3.31. The number of benzene rings is 1. The fourth-order valence-electron chi connectivity index (χ4n) is 1.50. The topological polar surface area (TPSA) is 42.2 Å². The minimum Gasteiger partial charge on any atom is -0.506 e. The van der Waals surface area contributed by atoms with Crippen LogP contribution in [0.2, 0.25) is 0 Å². The van der Waals surface area contributed by atoms with Crippen LogP contribution in [0.4, 0.5) is 0 Å². The van der Waals surface area contributed by atoms with Gasteiger partial charge >= 0.3 is 0 Å². The molecule has 0 aliphatic carbocycles. The van der Waals surface area contributed by atoms with E-state index in [1.807, 2.05) is 24.3 Å². The summed E-state index contributed by atoms with van der Waals surface area (Å²) >= 11 is 4.62. The summed E-state index contributed by atoms with van der Waals surface area (Å²) in [5.74, 6) is 0.0310. The van der Waals surface area contributed by atoms with Crippen molar-refractivity contribution in [3.63, 3.8) is 0 Å². The summed E-state index contributed by atoms with van der Waals surface area (Å²) in [7, 11) is 1.70. The van der Waals surface area contributed by atoms with Gasteiger partial charge in [0.15, 0.2) is 0 Å². The standard InChI is InChI=1S/C13H12BrNO2S/c1-8-7-11(16)12(13(17)15(8)2)18-10-5-3-9(14)4-6-10/h3-7,16H,1-2H3. The number of pyridine rings is 1. The molecule has 0 radical (unpaired) electrons. The fraction of sp³-hybridized carbons (Fsp3) is 0.154. The fourth-order valence-corrected chi connectivity index (χ4v) is 2.66. The van der Waals surface area contributed by atoms with Gasteiger partial charge in [0.1, 0.15) is 10.6 Å². The number of aromatic nitrogens is 1. The molecule has 2 aromatic rings. The van der Waals surface area contributed by atoms with Gasteiger partial charge in [-0.25, -0.2) is 0 Å². The highest BCUT2D eigenvalue weighted by atomic mass is 79.9. The molecule has 0 amide bonds. The van der Waals surface area contributed by atoms with Gasteiger partial charge in [0.25, 0.3) is 5.56 Å². The average molecular weight is 326 g/mol. The molecule has 2 rings (SSSR count). The van der Waals surface area contributed by atoms with Crippen LogP contribution in [0.15, 0.2) is 49.4 Å². The second-order valence-electron chi connectivity index (χ2n) is 3.92. The zero-order chi connectivity index (χ0) is 13.3. The molecule has 0 fully saturated rings. The minimum atomic E-state index is -0.180. The molecule has 5 heteroatoms. The maximum absolute atomic E-state index is 12.1. The van der Waals surface area contributed by atoms with Crippen LogP contribution in [-0.4, -0.2) is 9.67 Å². The van der Waals surface area contributed by atoms with Crippen LogP contribution < -0.4 is 5.56 Å². The van der Waals surface area contributed by atoms with Crippen molar-refractivity contribution in [2.24, 2.45) is 7.05 Å². The number of aromatic hydroxyl groups is 1. The number of hydrogen-bond donors (Lipinski definition) is 1. The minimum absolute atomic E-state index is 0.0310. The highest BCUT2D eigenvalue weighted by Gasteiger charge is 2.11. The molecule has 1 aromatic carbocycles.